The molecule has 0 unspecified atom stereocenters. The molecule has 0 spiro atoms. The second kappa shape index (κ2) is 33.1. The largest absolute Gasteiger partial charge is 0.456 e. The zero-order chi connectivity index (χ0) is 45.5. The summed E-state index contributed by atoms with van der Waals surface area (Å²) in [5.41, 5.74) is 0. The van der Waals surface area contributed by atoms with Crippen molar-refractivity contribution in [1.82, 2.24) is 15.5 Å². The number of nitrogens with one attached hydrogen (secondary N) is 2. The van der Waals surface area contributed by atoms with Gasteiger partial charge >= 0.3 is 5.97 Å². The fraction of sp³-hybridized carbons (Fsp3) is 0.673. The maximum absolute atomic E-state index is 13.6. The quantitative estimate of drug-likeness (QED) is 0.0327. The van der Waals surface area contributed by atoms with Crippen LogP contribution in [0.3, 0.4) is 0 Å². The summed E-state index contributed by atoms with van der Waals surface area (Å²) in [5, 5.41) is 29.0. The van der Waals surface area contributed by atoms with E-state index in [9.17, 15) is 29.4 Å². The summed E-state index contributed by atoms with van der Waals surface area (Å²) in [5.74, 6) is -1.89. The van der Waals surface area contributed by atoms with Crippen LogP contribution in [0.15, 0.2) is 60.7 Å². The summed E-state index contributed by atoms with van der Waals surface area (Å²) in [6.45, 7) is 3.12. The Bertz CT molecular complexity index is 1500. The molecule has 0 aromatic heterocycles. The van der Waals surface area contributed by atoms with E-state index < -0.39 is 63.8 Å². The summed E-state index contributed by atoms with van der Waals surface area (Å²) in [7, 11) is 0.353. The lowest BCUT2D eigenvalue weighted by atomic mass is 9.96. The van der Waals surface area contributed by atoms with E-state index in [1.807, 2.05) is 60.7 Å². The van der Waals surface area contributed by atoms with Gasteiger partial charge in [-0.15, -0.1) is 0 Å². The van der Waals surface area contributed by atoms with Gasteiger partial charge in [0.2, 0.25) is 17.7 Å². The number of aliphatic hydroxyl groups is 2. The predicted molar refractivity (Wildman–Crippen MR) is 249 cm³/mol. The molecule has 2 aromatic rings. The summed E-state index contributed by atoms with van der Waals surface area (Å²) >= 11 is 0. The number of nitrogens with zero attached hydrogens (tertiary/aromatic N) is 1. The van der Waals surface area contributed by atoms with Crippen molar-refractivity contribution in [3.05, 3.63) is 60.7 Å². The number of rotatable bonds is 34. The summed E-state index contributed by atoms with van der Waals surface area (Å²) in [6, 6.07) is 18.4. The lowest BCUT2D eigenvalue weighted by Crippen LogP contribution is -2.66. The molecule has 2 aromatic carbocycles. The van der Waals surface area contributed by atoms with E-state index in [-0.39, 0.29) is 38.0 Å². The standard InChI is InChI=1S/C49H78N3O10P/c1-4-6-8-10-12-14-16-18-26-32-42(54)50-36-45(57)62-48-46(51-43(55)37-52(3)44(56)33-27-19-17-15-13-11-9-7-5-2)49(61-41(38-53)47(48)58)59-34-35-60-63(39-28-22-20-23-29-39)40-30-24-21-25-31-40/h20-25,28-31,41,46-49,53,58H,4-19,26-27,32-38H2,1-3H3,(H,50,54)(H,51,55)/t41-,46+,47-,48-,49+/m1/s1. The highest BCUT2D eigenvalue weighted by molar-refractivity contribution is 7.68. The molecule has 0 aliphatic carbocycles. The Labute approximate surface area is 378 Å². The van der Waals surface area contributed by atoms with E-state index in [0.717, 1.165) is 55.6 Å². The van der Waals surface area contributed by atoms with Crippen LogP contribution >= 0.6 is 8.15 Å². The number of ether oxygens (including phenoxy) is 3. The molecule has 1 fully saturated rings. The summed E-state index contributed by atoms with van der Waals surface area (Å²) < 4.78 is 24.3. The van der Waals surface area contributed by atoms with Gasteiger partial charge in [0.1, 0.15) is 24.8 Å². The first-order valence-electron chi connectivity index (χ1n) is 23.8. The van der Waals surface area contributed by atoms with Crippen LogP contribution in [0, 0.1) is 0 Å². The second-order valence-corrected chi connectivity index (χ2v) is 18.5. The smallest absolute Gasteiger partial charge is 0.325 e. The first-order valence-corrected chi connectivity index (χ1v) is 25.0. The monoisotopic (exact) mass is 900 g/mol. The minimum atomic E-state index is -1.56. The average Bonchev–Trinajstić information content (AvgIpc) is 3.29. The van der Waals surface area contributed by atoms with Crippen LogP contribution in [0.1, 0.15) is 142 Å². The van der Waals surface area contributed by atoms with Crippen molar-refractivity contribution >= 4 is 42.4 Å². The number of unbranched alkanes of at least 4 members (excludes halogenated alkanes) is 16. The van der Waals surface area contributed by atoms with Crippen molar-refractivity contribution in [2.45, 2.75) is 173 Å². The van der Waals surface area contributed by atoms with Crippen LogP contribution in [0.2, 0.25) is 0 Å². The lowest BCUT2D eigenvalue weighted by molar-refractivity contribution is -0.274. The molecular formula is C49H78N3O10P. The topological polar surface area (TPSA) is 173 Å². The molecule has 13 nitrogen and oxygen atoms in total. The number of likely N-dealkylation sites (N-methyl/N-ethyl adjacent to an activating group) is 1. The predicted octanol–water partition coefficient (Wildman–Crippen LogP) is 6.96. The van der Waals surface area contributed by atoms with Gasteiger partial charge < -0.3 is 44.5 Å². The minimum Gasteiger partial charge on any atom is -0.456 e. The third-order valence-electron chi connectivity index (χ3n) is 11.3. The normalized spacial score (nSPS) is 18.5. The Morgan fingerprint density at radius 2 is 1.21 bits per heavy atom. The number of esters is 1. The van der Waals surface area contributed by atoms with Crippen LogP contribution in [0.25, 0.3) is 0 Å². The molecule has 354 valence electrons. The summed E-state index contributed by atoms with van der Waals surface area (Å²) in [6.07, 6.45) is 15.2. The highest BCUT2D eigenvalue weighted by Gasteiger charge is 2.48. The molecule has 1 heterocycles. The van der Waals surface area contributed by atoms with Crippen LogP contribution in [0.5, 0.6) is 0 Å². The van der Waals surface area contributed by atoms with Gasteiger partial charge in [-0.1, -0.05) is 177 Å². The minimum absolute atomic E-state index is 0.0174. The molecular weight excluding hydrogens is 822 g/mol. The Morgan fingerprint density at radius 3 is 1.73 bits per heavy atom. The van der Waals surface area contributed by atoms with Crippen LogP contribution in [-0.4, -0.2) is 109 Å². The number of amides is 3. The van der Waals surface area contributed by atoms with Crippen molar-refractivity contribution in [3.8, 4) is 0 Å². The zero-order valence-electron chi connectivity index (χ0n) is 38.4. The number of hydrogen-bond acceptors (Lipinski definition) is 10. The lowest BCUT2D eigenvalue weighted by Gasteiger charge is -2.43. The number of carbonyl (C=O) groups is 4. The van der Waals surface area contributed by atoms with Crippen molar-refractivity contribution in [2.75, 3.05) is 40.0 Å². The van der Waals surface area contributed by atoms with E-state index in [1.54, 1.807) is 7.05 Å². The van der Waals surface area contributed by atoms with Crippen molar-refractivity contribution in [3.63, 3.8) is 0 Å². The molecule has 3 rings (SSSR count). The molecule has 1 aliphatic heterocycles. The number of benzene rings is 2. The van der Waals surface area contributed by atoms with E-state index in [1.165, 1.54) is 69.1 Å². The Hall–Kier alpha value is -3.45. The fourth-order valence-corrected chi connectivity index (χ4v) is 9.32. The van der Waals surface area contributed by atoms with Gasteiger partial charge in [0.25, 0.3) is 0 Å². The third kappa shape index (κ3) is 21.9. The molecule has 14 heteroatoms. The van der Waals surface area contributed by atoms with Gasteiger partial charge in [0.15, 0.2) is 12.4 Å². The van der Waals surface area contributed by atoms with E-state index in [2.05, 4.69) is 24.5 Å². The number of carbonyl (C=O) groups excluding carboxylic acids is 4. The molecule has 1 saturated heterocycles. The molecule has 3 amide bonds. The second-order valence-electron chi connectivity index (χ2n) is 16.6. The van der Waals surface area contributed by atoms with E-state index >= 15 is 0 Å². The zero-order valence-corrected chi connectivity index (χ0v) is 39.3. The van der Waals surface area contributed by atoms with Gasteiger partial charge in [-0.25, -0.2) is 0 Å². The first-order chi connectivity index (χ1) is 30.7. The number of aliphatic hydroxyl groups excluding tert-OH is 2. The van der Waals surface area contributed by atoms with E-state index in [0.29, 0.717) is 12.8 Å². The van der Waals surface area contributed by atoms with Crippen LogP contribution < -0.4 is 21.2 Å². The first kappa shape index (κ1) is 53.9. The number of hydrogen-bond donors (Lipinski definition) is 4. The Morgan fingerprint density at radius 1 is 0.698 bits per heavy atom. The maximum atomic E-state index is 13.6. The molecule has 4 N–H and O–H groups in total. The molecule has 0 bridgehead atoms. The van der Waals surface area contributed by atoms with Gasteiger partial charge in [0.05, 0.1) is 34.5 Å². The maximum Gasteiger partial charge on any atom is 0.325 e. The van der Waals surface area contributed by atoms with Crippen molar-refractivity contribution < 1.29 is 48.1 Å². The average molecular weight is 900 g/mol. The SMILES string of the molecule is CCCCCCCCCCCC(=O)NCC(=O)O[C@H]1[C@H](O)[C@@H](CO)O[C@H](OCCOP(c2ccccc2)c2ccccc2)[C@H]1NC(=O)CN(C)C(=O)CCCCCCCCCCC. The van der Waals surface area contributed by atoms with Gasteiger partial charge in [-0.3, -0.25) is 19.2 Å². The summed E-state index contributed by atoms with van der Waals surface area (Å²) in [4.78, 5) is 53.8. The fourth-order valence-electron chi connectivity index (χ4n) is 7.58. The Balaban J connectivity index is 1.62. The van der Waals surface area contributed by atoms with Crippen LogP contribution in [0.4, 0.5) is 0 Å². The highest BCUT2D eigenvalue weighted by Crippen LogP contribution is 2.35. The molecule has 0 saturated carbocycles. The molecule has 63 heavy (non-hydrogen) atoms. The van der Waals surface area contributed by atoms with E-state index in [4.69, 9.17) is 18.7 Å². The van der Waals surface area contributed by atoms with Crippen molar-refractivity contribution in [1.29, 1.82) is 0 Å². The molecule has 1 aliphatic rings. The third-order valence-corrected chi connectivity index (χ3v) is 13.2. The van der Waals surface area contributed by atoms with Gasteiger partial charge in [-0.05, 0) is 12.8 Å². The molecule has 0 radical (unpaired) electrons. The molecule has 5 atom stereocenters. The van der Waals surface area contributed by atoms with Crippen molar-refractivity contribution in [2.24, 2.45) is 0 Å². The highest BCUT2D eigenvalue weighted by atomic mass is 31.1. The Kier molecular flexibility index (Phi) is 28.3. The van der Waals surface area contributed by atoms with Gasteiger partial charge in [0, 0.05) is 30.5 Å². The van der Waals surface area contributed by atoms with Crippen LogP contribution in [-0.2, 0) is 37.9 Å². The van der Waals surface area contributed by atoms with Gasteiger partial charge in [-0.2, -0.15) is 0 Å².